The van der Waals surface area contributed by atoms with Crippen LogP contribution in [0.1, 0.15) is 31.3 Å². The number of aromatic nitrogens is 5. The van der Waals surface area contributed by atoms with Crippen LogP contribution in [0, 0.1) is 30.4 Å². The molecule has 0 radical (unpaired) electrons. The molecule has 0 aliphatic rings. The van der Waals surface area contributed by atoms with Gasteiger partial charge in [-0.2, -0.15) is 0 Å². The Morgan fingerprint density at radius 1 is 1.12 bits per heavy atom. The molecule has 8 nitrogen and oxygen atoms in total. The molecule has 0 saturated heterocycles. The molecular weight excluding hydrogens is 430 g/mol. The van der Waals surface area contributed by atoms with Gasteiger partial charge in [0.1, 0.15) is 22.9 Å². The lowest BCUT2D eigenvalue weighted by Crippen LogP contribution is -2.04. The van der Waals surface area contributed by atoms with Crippen LogP contribution in [0.3, 0.4) is 0 Å². The molecule has 0 aliphatic carbocycles. The van der Waals surface area contributed by atoms with Gasteiger partial charge in [0.25, 0.3) is 0 Å². The van der Waals surface area contributed by atoms with E-state index in [2.05, 4.69) is 31.2 Å². The number of imidazole rings is 1. The van der Waals surface area contributed by atoms with Gasteiger partial charge in [0.15, 0.2) is 11.6 Å². The number of carboxylic acids is 1. The molecule has 0 saturated carbocycles. The van der Waals surface area contributed by atoms with Crippen molar-refractivity contribution in [2.45, 2.75) is 26.8 Å². The van der Waals surface area contributed by atoms with Crippen LogP contribution in [0.15, 0.2) is 36.7 Å². The van der Waals surface area contributed by atoms with E-state index in [1.807, 2.05) is 24.3 Å². The van der Waals surface area contributed by atoms with Crippen molar-refractivity contribution >= 4 is 28.8 Å². The van der Waals surface area contributed by atoms with Gasteiger partial charge in [-0.1, -0.05) is 5.92 Å². The van der Waals surface area contributed by atoms with Crippen molar-refractivity contribution < 1.29 is 18.7 Å². The molecule has 3 aromatic heterocycles. The van der Waals surface area contributed by atoms with E-state index in [4.69, 9.17) is 5.11 Å². The first kappa shape index (κ1) is 21.8. The predicted molar refractivity (Wildman–Crippen MR) is 118 cm³/mol. The number of nitrogens with zero attached hydrogens (tertiary/aromatic N) is 5. The lowest BCUT2D eigenvalue weighted by Gasteiger charge is -2.12. The van der Waals surface area contributed by atoms with Crippen LogP contribution in [0.2, 0.25) is 0 Å². The number of carboxylic acid groups (broad SMARTS) is 1. The van der Waals surface area contributed by atoms with Crippen LogP contribution in [0.4, 0.5) is 20.5 Å². The second-order valence-corrected chi connectivity index (χ2v) is 7.45. The predicted octanol–water partition coefficient (Wildman–Crippen LogP) is 4.24. The third-order valence-corrected chi connectivity index (χ3v) is 4.78. The van der Waals surface area contributed by atoms with Crippen LogP contribution in [0.25, 0.3) is 22.3 Å². The highest BCUT2D eigenvalue weighted by molar-refractivity contribution is 5.87. The number of pyridine rings is 1. The summed E-state index contributed by atoms with van der Waals surface area (Å²) < 4.78 is 31.3. The van der Waals surface area contributed by atoms with Crippen LogP contribution < -0.4 is 5.32 Å². The summed E-state index contributed by atoms with van der Waals surface area (Å²) in [6, 6.07) is 6.00. The summed E-state index contributed by atoms with van der Waals surface area (Å²) in [5.74, 6) is 2.96. The Morgan fingerprint density at radius 2 is 1.91 bits per heavy atom. The molecule has 0 unspecified atom stereocenters. The third kappa shape index (κ3) is 4.48. The van der Waals surface area contributed by atoms with E-state index in [0.29, 0.717) is 22.7 Å². The molecule has 1 aromatic carbocycles. The van der Waals surface area contributed by atoms with Crippen molar-refractivity contribution in [2.24, 2.45) is 0 Å². The Labute approximate surface area is 187 Å². The smallest absolute Gasteiger partial charge is 0.382 e. The number of aliphatic carboxylic acids is 1. The minimum Gasteiger partial charge on any atom is -0.472 e. The molecule has 33 heavy (non-hydrogen) atoms. The molecule has 10 heteroatoms. The van der Waals surface area contributed by atoms with E-state index < -0.39 is 17.6 Å². The van der Waals surface area contributed by atoms with Crippen LogP contribution in [-0.2, 0) is 4.79 Å². The molecule has 4 rings (SSSR count). The molecule has 0 bridgehead atoms. The maximum Gasteiger partial charge on any atom is 0.382 e. The molecule has 0 aliphatic heterocycles. The molecule has 3 heterocycles. The fourth-order valence-electron chi connectivity index (χ4n) is 3.47. The zero-order valence-corrected chi connectivity index (χ0v) is 17.9. The number of halogens is 2. The molecular formula is C23H18F2N6O2. The fourth-order valence-corrected chi connectivity index (χ4v) is 3.47. The zero-order valence-electron chi connectivity index (χ0n) is 17.9. The summed E-state index contributed by atoms with van der Waals surface area (Å²) in [5, 5.41) is 11.4. The normalized spacial score (nSPS) is 10.8. The Balaban J connectivity index is 1.69. The SMILES string of the molecule is Cc1nc2c(F)cc(-c3nc(Nc4ccc(C#CC(=O)O)cn4)ncc3F)cc2n1C(C)C. The van der Waals surface area contributed by atoms with Gasteiger partial charge in [0.2, 0.25) is 5.95 Å². The van der Waals surface area contributed by atoms with E-state index >= 15 is 0 Å². The number of hydrogen-bond acceptors (Lipinski definition) is 6. The highest BCUT2D eigenvalue weighted by atomic mass is 19.1. The maximum absolute atomic E-state index is 14.8. The second-order valence-electron chi connectivity index (χ2n) is 7.45. The van der Waals surface area contributed by atoms with Gasteiger partial charge in [-0.05, 0) is 45.0 Å². The highest BCUT2D eigenvalue weighted by Gasteiger charge is 2.18. The first-order valence-electron chi connectivity index (χ1n) is 9.92. The summed E-state index contributed by atoms with van der Waals surface area (Å²) in [6.07, 6.45) is 2.37. The fraction of sp³-hybridized carbons (Fsp3) is 0.174. The quantitative estimate of drug-likeness (QED) is 0.450. The first-order chi connectivity index (χ1) is 15.7. The minimum atomic E-state index is -1.24. The van der Waals surface area contributed by atoms with Gasteiger partial charge in [-0.15, -0.1) is 0 Å². The summed E-state index contributed by atoms with van der Waals surface area (Å²) in [5.41, 5.74) is 1.34. The van der Waals surface area contributed by atoms with E-state index in [0.717, 1.165) is 6.20 Å². The van der Waals surface area contributed by atoms with Gasteiger partial charge >= 0.3 is 5.97 Å². The largest absolute Gasteiger partial charge is 0.472 e. The van der Waals surface area contributed by atoms with Gasteiger partial charge in [-0.3, -0.25) is 0 Å². The second kappa shape index (κ2) is 8.63. The standard InChI is InChI=1S/C23H18F2N6O2/c1-12(2)31-13(3)28-22-16(24)8-15(9-18(22)31)21-17(25)11-27-23(30-21)29-19-6-4-14(10-26-19)5-7-20(32)33/h4,6,8-12H,1-3H3,(H,32,33)(H,26,27,29,30). The van der Waals surface area contributed by atoms with Gasteiger partial charge in [-0.25, -0.2) is 33.5 Å². The van der Waals surface area contributed by atoms with Crippen molar-refractivity contribution in [3.63, 3.8) is 0 Å². The topological polar surface area (TPSA) is 106 Å². The molecule has 0 amide bonds. The first-order valence-corrected chi connectivity index (χ1v) is 9.92. The molecule has 166 valence electrons. The third-order valence-electron chi connectivity index (χ3n) is 4.78. The number of aryl methyl sites for hydroxylation is 1. The number of carbonyl (C=O) groups is 1. The maximum atomic E-state index is 14.8. The van der Waals surface area contributed by atoms with Crippen molar-refractivity contribution in [3.05, 3.63) is 59.7 Å². The Hall–Kier alpha value is -4.39. The molecule has 2 N–H and O–H groups in total. The van der Waals surface area contributed by atoms with Crippen LogP contribution in [-0.4, -0.2) is 35.6 Å². The minimum absolute atomic E-state index is 0.0337. The Bertz CT molecular complexity index is 1440. The lowest BCUT2D eigenvalue weighted by molar-refractivity contribution is -0.130. The van der Waals surface area contributed by atoms with Gasteiger partial charge in [0.05, 0.1) is 11.7 Å². The number of anilines is 2. The number of nitrogens with one attached hydrogen (secondary N) is 1. The molecule has 0 fully saturated rings. The number of rotatable bonds is 4. The monoisotopic (exact) mass is 448 g/mol. The summed E-state index contributed by atoms with van der Waals surface area (Å²) in [4.78, 5) is 27.1. The summed E-state index contributed by atoms with van der Waals surface area (Å²) in [6.45, 7) is 5.70. The van der Waals surface area contributed by atoms with Crippen molar-refractivity contribution in [2.75, 3.05) is 5.32 Å². The van der Waals surface area contributed by atoms with Crippen molar-refractivity contribution in [1.29, 1.82) is 0 Å². The van der Waals surface area contributed by atoms with E-state index in [-0.39, 0.29) is 28.8 Å². The number of hydrogen-bond donors (Lipinski definition) is 2. The average molecular weight is 448 g/mol. The average Bonchev–Trinajstić information content (AvgIpc) is 3.11. The number of fused-ring (bicyclic) bond motifs is 1. The van der Waals surface area contributed by atoms with Crippen LogP contribution >= 0.6 is 0 Å². The van der Waals surface area contributed by atoms with Crippen molar-refractivity contribution in [3.8, 4) is 23.1 Å². The van der Waals surface area contributed by atoms with Gasteiger partial charge in [0, 0.05) is 29.3 Å². The summed E-state index contributed by atoms with van der Waals surface area (Å²) in [7, 11) is 0. The Morgan fingerprint density at radius 3 is 2.58 bits per heavy atom. The van der Waals surface area contributed by atoms with E-state index in [1.54, 1.807) is 25.1 Å². The molecule has 0 atom stereocenters. The molecule has 0 spiro atoms. The highest BCUT2D eigenvalue weighted by Crippen LogP contribution is 2.30. The number of benzene rings is 1. The molecule has 4 aromatic rings. The van der Waals surface area contributed by atoms with Gasteiger partial charge < -0.3 is 15.0 Å². The van der Waals surface area contributed by atoms with Crippen LogP contribution in [0.5, 0.6) is 0 Å². The lowest BCUT2D eigenvalue weighted by atomic mass is 10.1. The van der Waals surface area contributed by atoms with Crippen molar-refractivity contribution in [1.82, 2.24) is 24.5 Å². The van der Waals surface area contributed by atoms with E-state index in [9.17, 15) is 13.6 Å². The Kier molecular flexibility index (Phi) is 5.70. The zero-order chi connectivity index (χ0) is 23.7. The van der Waals surface area contributed by atoms with E-state index in [1.165, 1.54) is 12.3 Å². The summed E-state index contributed by atoms with van der Waals surface area (Å²) >= 11 is 0.